The topological polar surface area (TPSA) is 101 Å². The molecule has 25 heavy (non-hydrogen) atoms. The third-order valence-electron chi connectivity index (χ3n) is 3.55. The maximum atomic E-state index is 13.2. The van der Waals surface area contributed by atoms with Crippen molar-refractivity contribution in [1.82, 2.24) is 5.32 Å². The molecule has 0 aliphatic carbocycles. The molecule has 0 aliphatic rings. The zero-order valence-electron chi connectivity index (χ0n) is 13.6. The number of amides is 2. The predicted molar refractivity (Wildman–Crippen MR) is 89.4 cm³/mol. The van der Waals surface area contributed by atoms with Crippen molar-refractivity contribution in [3.8, 4) is 0 Å². The van der Waals surface area contributed by atoms with Gasteiger partial charge in [-0.2, -0.15) is 0 Å². The van der Waals surface area contributed by atoms with Gasteiger partial charge in [0.15, 0.2) is 0 Å². The highest BCUT2D eigenvalue weighted by Crippen LogP contribution is 2.19. The summed E-state index contributed by atoms with van der Waals surface area (Å²) >= 11 is 0. The van der Waals surface area contributed by atoms with E-state index in [2.05, 4.69) is 10.6 Å². The van der Waals surface area contributed by atoms with Crippen LogP contribution in [-0.4, -0.2) is 16.7 Å². The minimum Gasteiger partial charge on any atom is -0.341 e. The van der Waals surface area contributed by atoms with E-state index in [0.29, 0.717) is 16.8 Å². The molecule has 0 bridgehead atoms. The maximum Gasteiger partial charge on any atom is 0.313 e. The number of non-ortho nitro benzene ring substituents is 1. The molecule has 2 amide bonds. The Morgan fingerprint density at radius 3 is 2.52 bits per heavy atom. The third-order valence-corrected chi connectivity index (χ3v) is 3.55. The van der Waals surface area contributed by atoms with Crippen LogP contribution in [0, 0.1) is 22.9 Å². The van der Waals surface area contributed by atoms with Crippen molar-refractivity contribution in [2.75, 3.05) is 5.32 Å². The molecule has 2 aromatic rings. The van der Waals surface area contributed by atoms with Crippen molar-refractivity contribution in [1.29, 1.82) is 0 Å². The summed E-state index contributed by atoms with van der Waals surface area (Å²) in [7, 11) is 0. The molecule has 0 saturated heterocycles. The Labute approximate surface area is 143 Å². The van der Waals surface area contributed by atoms with Crippen LogP contribution in [0.25, 0.3) is 0 Å². The van der Waals surface area contributed by atoms with E-state index in [0.717, 1.165) is 0 Å². The molecule has 2 rings (SSSR count). The monoisotopic (exact) mass is 345 g/mol. The lowest BCUT2D eigenvalue weighted by Crippen LogP contribution is -2.36. The molecule has 0 heterocycles. The lowest BCUT2D eigenvalue weighted by Gasteiger charge is -2.14. The number of aryl methyl sites for hydroxylation is 1. The number of carbonyl (C=O) groups excluding carboxylic acids is 2. The third kappa shape index (κ3) is 4.60. The van der Waals surface area contributed by atoms with Crippen LogP contribution in [0.1, 0.15) is 24.1 Å². The molecule has 0 saturated carbocycles. The number of benzene rings is 2. The average molecular weight is 345 g/mol. The van der Waals surface area contributed by atoms with Crippen LogP contribution in [0.15, 0.2) is 42.5 Å². The highest BCUT2D eigenvalue weighted by molar-refractivity contribution is 6.39. The number of halogens is 1. The molecular weight excluding hydrogens is 329 g/mol. The summed E-state index contributed by atoms with van der Waals surface area (Å²) in [6.45, 7) is 3.14. The summed E-state index contributed by atoms with van der Waals surface area (Å²) in [4.78, 5) is 34.1. The number of nitrogens with zero attached hydrogens (tertiary/aromatic N) is 1. The van der Waals surface area contributed by atoms with Crippen LogP contribution >= 0.6 is 0 Å². The first-order valence-corrected chi connectivity index (χ1v) is 7.40. The van der Waals surface area contributed by atoms with Gasteiger partial charge in [-0.3, -0.25) is 19.7 Å². The van der Waals surface area contributed by atoms with E-state index in [4.69, 9.17) is 0 Å². The highest BCUT2D eigenvalue weighted by atomic mass is 19.1. The first-order chi connectivity index (χ1) is 11.8. The summed E-state index contributed by atoms with van der Waals surface area (Å²) in [5, 5.41) is 15.6. The minimum absolute atomic E-state index is 0.107. The number of carbonyl (C=O) groups is 2. The highest BCUT2D eigenvalue weighted by Gasteiger charge is 2.18. The van der Waals surface area contributed by atoms with Gasteiger partial charge in [0.2, 0.25) is 0 Å². The average Bonchev–Trinajstić information content (AvgIpc) is 2.58. The van der Waals surface area contributed by atoms with Crippen molar-refractivity contribution in [3.63, 3.8) is 0 Å². The smallest absolute Gasteiger partial charge is 0.313 e. The number of nitro benzene ring substituents is 1. The van der Waals surface area contributed by atoms with E-state index in [1.54, 1.807) is 13.0 Å². The molecule has 8 heteroatoms. The van der Waals surface area contributed by atoms with Gasteiger partial charge in [-0.1, -0.05) is 12.1 Å². The van der Waals surface area contributed by atoms with Crippen molar-refractivity contribution in [2.24, 2.45) is 0 Å². The number of nitro groups is 1. The van der Waals surface area contributed by atoms with E-state index in [9.17, 15) is 24.1 Å². The Kier molecular flexibility index (Phi) is 5.43. The Morgan fingerprint density at radius 1 is 1.16 bits per heavy atom. The van der Waals surface area contributed by atoms with Gasteiger partial charge in [-0.15, -0.1) is 0 Å². The van der Waals surface area contributed by atoms with Crippen LogP contribution in [-0.2, 0) is 9.59 Å². The SMILES string of the molecule is Cc1cc(NC(=O)C(=O)N[C@@H](C)c2cccc([N+](=O)[O-])c2)ccc1F. The lowest BCUT2D eigenvalue weighted by atomic mass is 10.1. The molecule has 0 aliphatic heterocycles. The van der Waals surface area contributed by atoms with Crippen molar-refractivity contribution in [2.45, 2.75) is 19.9 Å². The van der Waals surface area contributed by atoms with Gasteiger partial charge < -0.3 is 10.6 Å². The first kappa shape index (κ1) is 18.1. The van der Waals surface area contributed by atoms with Crippen LogP contribution in [0.5, 0.6) is 0 Å². The molecule has 2 aromatic carbocycles. The lowest BCUT2D eigenvalue weighted by molar-refractivity contribution is -0.384. The number of anilines is 1. The molecule has 0 radical (unpaired) electrons. The summed E-state index contributed by atoms with van der Waals surface area (Å²) < 4.78 is 13.2. The second kappa shape index (κ2) is 7.52. The number of hydrogen-bond acceptors (Lipinski definition) is 4. The molecule has 0 aromatic heterocycles. The zero-order chi connectivity index (χ0) is 18.6. The van der Waals surface area contributed by atoms with E-state index >= 15 is 0 Å². The van der Waals surface area contributed by atoms with Crippen LogP contribution < -0.4 is 10.6 Å². The zero-order valence-corrected chi connectivity index (χ0v) is 13.6. The van der Waals surface area contributed by atoms with Crippen LogP contribution in [0.2, 0.25) is 0 Å². The van der Waals surface area contributed by atoms with E-state index < -0.39 is 28.6 Å². The normalized spacial score (nSPS) is 11.5. The van der Waals surface area contributed by atoms with Crippen molar-refractivity contribution >= 4 is 23.2 Å². The van der Waals surface area contributed by atoms with Gasteiger partial charge in [-0.05, 0) is 43.2 Å². The second-order valence-electron chi connectivity index (χ2n) is 5.47. The Hall–Kier alpha value is -3.29. The largest absolute Gasteiger partial charge is 0.341 e. The molecule has 2 N–H and O–H groups in total. The number of nitrogens with one attached hydrogen (secondary N) is 2. The van der Waals surface area contributed by atoms with Gasteiger partial charge in [0.25, 0.3) is 5.69 Å². The predicted octanol–water partition coefficient (Wildman–Crippen LogP) is 2.86. The summed E-state index contributed by atoms with van der Waals surface area (Å²) in [6.07, 6.45) is 0. The molecule has 130 valence electrons. The molecule has 0 unspecified atom stereocenters. The van der Waals surface area contributed by atoms with Gasteiger partial charge >= 0.3 is 11.8 Å². The van der Waals surface area contributed by atoms with E-state index in [1.807, 2.05) is 0 Å². The Morgan fingerprint density at radius 2 is 1.88 bits per heavy atom. The standard InChI is InChI=1S/C17H16FN3O4/c1-10-8-13(6-7-15(10)18)20-17(23)16(22)19-11(2)12-4-3-5-14(9-12)21(24)25/h3-9,11H,1-2H3,(H,19,22)(H,20,23)/t11-/m0/s1. The quantitative estimate of drug-likeness (QED) is 0.505. The fraction of sp³-hybridized carbons (Fsp3) is 0.176. The van der Waals surface area contributed by atoms with E-state index in [-0.39, 0.29) is 5.69 Å². The number of rotatable bonds is 4. The molecule has 7 nitrogen and oxygen atoms in total. The van der Waals surface area contributed by atoms with Gasteiger partial charge in [0.05, 0.1) is 11.0 Å². The van der Waals surface area contributed by atoms with E-state index in [1.165, 1.54) is 43.3 Å². The van der Waals surface area contributed by atoms with Gasteiger partial charge in [0.1, 0.15) is 5.82 Å². The van der Waals surface area contributed by atoms with Gasteiger partial charge in [-0.25, -0.2) is 4.39 Å². The molecular formula is C17H16FN3O4. The Balaban J connectivity index is 2.02. The van der Waals surface area contributed by atoms with Crippen LogP contribution in [0.4, 0.5) is 15.8 Å². The van der Waals surface area contributed by atoms with Gasteiger partial charge in [0, 0.05) is 17.8 Å². The second-order valence-corrected chi connectivity index (χ2v) is 5.47. The molecule has 1 atom stereocenters. The van der Waals surface area contributed by atoms with Crippen LogP contribution in [0.3, 0.4) is 0 Å². The summed E-state index contributed by atoms with van der Waals surface area (Å²) in [5.74, 6) is -2.23. The first-order valence-electron chi connectivity index (χ1n) is 7.40. The Bertz CT molecular complexity index is 838. The van der Waals surface area contributed by atoms with Crippen molar-refractivity contribution in [3.05, 3.63) is 69.5 Å². The fourth-order valence-corrected chi connectivity index (χ4v) is 2.16. The number of hydrogen-bond donors (Lipinski definition) is 2. The molecule has 0 fully saturated rings. The fourth-order valence-electron chi connectivity index (χ4n) is 2.16. The summed E-state index contributed by atoms with van der Waals surface area (Å²) in [5.41, 5.74) is 1.02. The van der Waals surface area contributed by atoms with Crippen molar-refractivity contribution < 1.29 is 18.9 Å². The molecule has 0 spiro atoms. The maximum absolute atomic E-state index is 13.2. The minimum atomic E-state index is -0.914. The summed E-state index contributed by atoms with van der Waals surface area (Å²) in [6, 6.07) is 9.11.